The zero-order chi connectivity index (χ0) is 27.4. The van der Waals surface area contributed by atoms with Crippen molar-refractivity contribution in [3.8, 4) is 0 Å². The van der Waals surface area contributed by atoms with Crippen molar-refractivity contribution in [2.45, 2.75) is 37.9 Å². The normalized spacial score (nSPS) is 24.3. The summed E-state index contributed by atoms with van der Waals surface area (Å²) in [5, 5.41) is 0.519. The number of nitrogens with zero attached hydrogens (tertiary/aromatic N) is 4. The Hall–Kier alpha value is -2.45. The van der Waals surface area contributed by atoms with Crippen molar-refractivity contribution in [3.63, 3.8) is 0 Å². The summed E-state index contributed by atoms with van der Waals surface area (Å²) in [4.78, 5) is 41.8. The van der Waals surface area contributed by atoms with Crippen molar-refractivity contribution in [1.29, 1.82) is 0 Å². The van der Waals surface area contributed by atoms with Gasteiger partial charge in [-0.2, -0.15) is 17.0 Å². The number of carbonyl (C=O) groups excluding carboxylic acids is 3. The summed E-state index contributed by atoms with van der Waals surface area (Å²) >= 11 is 5.91. The van der Waals surface area contributed by atoms with Gasteiger partial charge in [0.25, 0.3) is 16.1 Å². The van der Waals surface area contributed by atoms with Gasteiger partial charge in [0.2, 0.25) is 0 Å². The first-order valence-electron chi connectivity index (χ1n) is 12.6. The lowest BCUT2D eigenvalue weighted by Crippen LogP contribution is -2.67. The van der Waals surface area contributed by atoms with E-state index in [0.29, 0.717) is 23.4 Å². The van der Waals surface area contributed by atoms with Gasteiger partial charge in [0.1, 0.15) is 12.6 Å². The van der Waals surface area contributed by atoms with Gasteiger partial charge in [-0.05, 0) is 44.0 Å². The summed E-state index contributed by atoms with van der Waals surface area (Å²) in [5.41, 5.74) is 0.471. The van der Waals surface area contributed by atoms with Crippen LogP contribution in [-0.4, -0.2) is 123 Å². The van der Waals surface area contributed by atoms with Crippen LogP contribution in [0.25, 0.3) is 0 Å². The first kappa shape index (κ1) is 28.6. The van der Waals surface area contributed by atoms with Crippen molar-refractivity contribution in [3.05, 3.63) is 34.9 Å². The van der Waals surface area contributed by atoms with E-state index in [1.54, 1.807) is 36.1 Å². The second-order valence-electron chi connectivity index (χ2n) is 9.29. The Morgan fingerprint density at radius 1 is 1.00 bits per heavy atom. The molecule has 3 atom stereocenters. The Labute approximate surface area is 227 Å². The molecule has 3 fully saturated rings. The number of carbonyl (C=O) groups is 3. The number of hydrogen-bond donors (Lipinski definition) is 0. The molecule has 38 heavy (non-hydrogen) atoms. The molecule has 1 aromatic carbocycles. The Kier molecular flexibility index (Phi) is 9.14. The molecule has 0 unspecified atom stereocenters. The maximum Gasteiger partial charge on any atom is 0.410 e. The molecule has 12 nitrogen and oxygen atoms in total. The molecule has 3 saturated heterocycles. The van der Waals surface area contributed by atoms with Crippen LogP contribution in [0.4, 0.5) is 4.79 Å². The molecule has 2 amide bonds. The Bertz CT molecular complexity index is 1130. The topological polar surface area (TPSA) is 126 Å². The van der Waals surface area contributed by atoms with Crippen LogP contribution >= 0.6 is 11.6 Å². The summed E-state index contributed by atoms with van der Waals surface area (Å²) in [6, 6.07) is 4.20. The number of amides is 2. The molecule has 0 aromatic heterocycles. The van der Waals surface area contributed by atoms with Gasteiger partial charge in [-0.1, -0.05) is 11.6 Å². The molecule has 1 aromatic rings. The lowest BCUT2D eigenvalue weighted by atomic mass is 10.1. The zero-order valence-electron chi connectivity index (χ0n) is 21.5. The molecule has 3 aliphatic heterocycles. The monoisotopic (exact) mass is 572 g/mol. The fourth-order valence-corrected chi connectivity index (χ4v) is 7.19. The highest BCUT2D eigenvalue weighted by molar-refractivity contribution is 7.86. The number of ether oxygens (including phenoxy) is 3. The van der Waals surface area contributed by atoms with Crippen molar-refractivity contribution in [1.82, 2.24) is 18.4 Å². The van der Waals surface area contributed by atoms with Crippen molar-refractivity contribution in [2.75, 3.05) is 59.7 Å². The van der Waals surface area contributed by atoms with Crippen LogP contribution < -0.4 is 0 Å². The third-order valence-corrected chi connectivity index (χ3v) is 9.34. The maximum absolute atomic E-state index is 13.8. The summed E-state index contributed by atoms with van der Waals surface area (Å²) in [7, 11) is -2.61. The van der Waals surface area contributed by atoms with Crippen LogP contribution in [0.5, 0.6) is 0 Å². The van der Waals surface area contributed by atoms with Gasteiger partial charge in [0, 0.05) is 56.5 Å². The van der Waals surface area contributed by atoms with Crippen LogP contribution in [0.1, 0.15) is 30.1 Å². The molecule has 0 N–H and O–H groups in total. The van der Waals surface area contributed by atoms with Crippen LogP contribution in [0, 0.1) is 0 Å². The molecule has 0 aliphatic carbocycles. The quantitative estimate of drug-likeness (QED) is 0.336. The average Bonchev–Trinajstić information content (AvgIpc) is 3.21. The van der Waals surface area contributed by atoms with Crippen LogP contribution in [-0.2, 0) is 29.2 Å². The second kappa shape index (κ2) is 12.2. The smallest absolute Gasteiger partial charge is 0.410 e. The van der Waals surface area contributed by atoms with Crippen LogP contribution in [0.2, 0.25) is 5.02 Å². The number of benzene rings is 1. The van der Waals surface area contributed by atoms with Gasteiger partial charge < -0.3 is 19.1 Å². The van der Waals surface area contributed by atoms with Crippen molar-refractivity contribution >= 4 is 39.8 Å². The first-order chi connectivity index (χ1) is 18.2. The van der Waals surface area contributed by atoms with E-state index in [1.807, 2.05) is 0 Å². The second-order valence-corrected chi connectivity index (χ2v) is 11.6. The molecular weight excluding hydrogens is 540 g/mol. The molecular formula is C24H33ClN4O8S. The van der Waals surface area contributed by atoms with E-state index >= 15 is 0 Å². The molecule has 4 rings (SSSR count). The Balaban J connectivity index is 1.49. The maximum atomic E-state index is 13.8. The highest BCUT2D eigenvalue weighted by Crippen LogP contribution is 2.37. The number of methoxy groups -OCH3 is 1. The standard InChI is InChI=1S/C24H33ClN4O8S/c1-3-36-23(31)21-20-9-8-19(29(20)24(32)37-15-14-35-2)16-28(21)38(33,34)27-12-10-26(11-13-27)22(30)17-4-6-18(25)7-5-17/h4-7,19-21H,3,8-16H2,1-2H3/t19-,20+,21+/m1/s1. The van der Waals surface area contributed by atoms with Gasteiger partial charge in [-0.15, -0.1) is 0 Å². The van der Waals surface area contributed by atoms with Crippen LogP contribution in [0.15, 0.2) is 24.3 Å². The van der Waals surface area contributed by atoms with E-state index in [2.05, 4.69) is 0 Å². The largest absolute Gasteiger partial charge is 0.465 e. The number of fused-ring (bicyclic) bond motifs is 2. The molecule has 210 valence electrons. The molecule has 0 radical (unpaired) electrons. The number of hydrogen-bond acceptors (Lipinski definition) is 8. The minimum absolute atomic E-state index is 0.0500. The van der Waals surface area contributed by atoms with Crippen LogP contribution in [0.3, 0.4) is 0 Å². The Morgan fingerprint density at radius 2 is 1.68 bits per heavy atom. The highest BCUT2D eigenvalue weighted by atomic mass is 35.5. The molecule has 0 saturated carbocycles. The van der Waals surface area contributed by atoms with E-state index in [-0.39, 0.29) is 58.5 Å². The number of halogens is 1. The van der Waals surface area contributed by atoms with Crippen molar-refractivity contribution in [2.24, 2.45) is 0 Å². The SMILES string of the molecule is CCOC(=O)[C@@H]1[C@@H]2CC[C@H](CN1S(=O)(=O)N1CCN(C(=O)c3ccc(Cl)cc3)CC1)N2C(=O)OCCOC. The average molecular weight is 573 g/mol. The fraction of sp³-hybridized carbons (Fsp3) is 0.625. The minimum atomic E-state index is -4.10. The molecule has 3 aliphatic rings. The van der Waals surface area contributed by atoms with Gasteiger partial charge >= 0.3 is 12.1 Å². The first-order valence-corrected chi connectivity index (χ1v) is 14.4. The number of rotatable bonds is 8. The van der Waals surface area contributed by atoms with Gasteiger partial charge in [0.15, 0.2) is 0 Å². The predicted octanol–water partition coefficient (Wildman–Crippen LogP) is 1.21. The minimum Gasteiger partial charge on any atom is -0.465 e. The Morgan fingerprint density at radius 3 is 2.32 bits per heavy atom. The molecule has 2 bridgehead atoms. The third-order valence-electron chi connectivity index (χ3n) is 7.10. The summed E-state index contributed by atoms with van der Waals surface area (Å²) in [6.45, 7) is 2.49. The zero-order valence-corrected chi connectivity index (χ0v) is 23.0. The summed E-state index contributed by atoms with van der Waals surface area (Å²) in [5.74, 6) is -0.908. The number of piperazine rings is 2. The molecule has 0 spiro atoms. The fourth-order valence-electron chi connectivity index (χ4n) is 5.27. The van der Waals surface area contributed by atoms with Gasteiger partial charge in [-0.3, -0.25) is 14.5 Å². The van der Waals surface area contributed by atoms with Gasteiger partial charge in [0.05, 0.1) is 19.3 Å². The van der Waals surface area contributed by atoms with E-state index in [9.17, 15) is 22.8 Å². The highest BCUT2D eigenvalue weighted by Gasteiger charge is 2.56. The van der Waals surface area contributed by atoms with E-state index in [4.69, 9.17) is 25.8 Å². The lowest BCUT2D eigenvalue weighted by molar-refractivity contribution is -0.151. The molecule has 3 heterocycles. The molecule has 14 heteroatoms. The summed E-state index contributed by atoms with van der Waals surface area (Å²) < 4.78 is 45.6. The van der Waals surface area contributed by atoms with Gasteiger partial charge in [-0.25, -0.2) is 4.79 Å². The predicted molar refractivity (Wildman–Crippen MR) is 137 cm³/mol. The van der Waals surface area contributed by atoms with Crippen molar-refractivity contribution < 1.29 is 37.0 Å². The van der Waals surface area contributed by atoms with E-state index in [1.165, 1.54) is 20.6 Å². The number of esters is 1. The van der Waals surface area contributed by atoms with E-state index < -0.39 is 40.4 Å². The lowest BCUT2D eigenvalue weighted by Gasteiger charge is -2.46. The third kappa shape index (κ3) is 5.76. The summed E-state index contributed by atoms with van der Waals surface area (Å²) in [6.07, 6.45) is 0.383. The van der Waals surface area contributed by atoms with E-state index in [0.717, 1.165) is 0 Å².